The molecule has 0 spiro atoms. The number of aromatic carboxylic acids is 1. The van der Waals surface area contributed by atoms with E-state index < -0.39 is 5.97 Å². The lowest BCUT2D eigenvalue weighted by atomic mass is 9.97. The average molecular weight is 568 g/mol. The Balaban J connectivity index is 1.21. The van der Waals surface area contributed by atoms with Gasteiger partial charge in [-0.05, 0) is 62.4 Å². The third kappa shape index (κ3) is 4.81. The van der Waals surface area contributed by atoms with E-state index in [9.17, 15) is 14.7 Å². The lowest BCUT2D eigenvalue weighted by Gasteiger charge is -2.42. The standard InChI is InChI=1S/C30H32Cl2N4O3/c1-34-16-23(30(38)39)21-10-9-18(13-26(21)34)36-19-7-8-20(36)15-35(14-19)12-11-22(29(37)17-5-6-17)28(33)27-24(31)3-2-4-25(27)32/h2-4,9-10,13,16-17,19-20H,5-8,11-12,14-15,33H2,1H3,(H,38,39). The highest BCUT2D eigenvalue weighted by Crippen LogP contribution is 2.39. The number of ketones is 1. The van der Waals surface area contributed by atoms with E-state index in [-0.39, 0.29) is 11.7 Å². The van der Waals surface area contributed by atoms with E-state index in [4.69, 9.17) is 28.9 Å². The van der Waals surface area contributed by atoms with Gasteiger partial charge in [-0.2, -0.15) is 0 Å². The first-order valence-corrected chi connectivity index (χ1v) is 14.3. The number of anilines is 1. The van der Waals surface area contributed by atoms with E-state index in [1.807, 2.05) is 17.7 Å². The maximum atomic E-state index is 13.3. The molecule has 3 N–H and O–H groups in total. The van der Waals surface area contributed by atoms with E-state index in [1.165, 1.54) is 0 Å². The molecule has 1 aromatic heterocycles. The Hall–Kier alpha value is -3.00. The van der Waals surface area contributed by atoms with Gasteiger partial charge in [-0.15, -0.1) is 0 Å². The number of carboxylic acids is 1. The second-order valence-corrected chi connectivity index (χ2v) is 11.9. The lowest BCUT2D eigenvalue weighted by molar-refractivity contribution is -0.116. The molecule has 1 aliphatic carbocycles. The third-order valence-corrected chi connectivity index (χ3v) is 9.17. The van der Waals surface area contributed by atoms with Crippen molar-refractivity contribution in [3.05, 3.63) is 69.3 Å². The Morgan fingerprint density at radius 3 is 2.31 bits per heavy atom. The predicted molar refractivity (Wildman–Crippen MR) is 156 cm³/mol. The van der Waals surface area contributed by atoms with Gasteiger partial charge in [0.15, 0.2) is 5.78 Å². The summed E-state index contributed by atoms with van der Waals surface area (Å²) in [6, 6.07) is 12.1. The molecule has 2 unspecified atom stereocenters. The van der Waals surface area contributed by atoms with E-state index in [1.54, 1.807) is 24.4 Å². The predicted octanol–water partition coefficient (Wildman–Crippen LogP) is 5.58. The molecule has 39 heavy (non-hydrogen) atoms. The number of hydrogen-bond acceptors (Lipinski definition) is 5. The summed E-state index contributed by atoms with van der Waals surface area (Å²) in [4.78, 5) is 29.9. The van der Waals surface area contributed by atoms with Crippen molar-refractivity contribution >= 4 is 57.2 Å². The fourth-order valence-electron chi connectivity index (χ4n) is 6.46. The largest absolute Gasteiger partial charge is 0.478 e. The summed E-state index contributed by atoms with van der Waals surface area (Å²) in [7, 11) is 1.89. The summed E-state index contributed by atoms with van der Waals surface area (Å²) in [6.07, 6.45) is 6.28. The third-order valence-electron chi connectivity index (χ3n) is 8.54. The van der Waals surface area contributed by atoms with E-state index in [0.717, 1.165) is 61.9 Å². The van der Waals surface area contributed by atoms with Crippen LogP contribution in [0, 0.1) is 5.92 Å². The molecule has 3 fully saturated rings. The minimum Gasteiger partial charge on any atom is -0.478 e. The number of nitrogens with zero attached hydrogens (tertiary/aromatic N) is 3. The van der Waals surface area contributed by atoms with Crippen molar-refractivity contribution in [3.63, 3.8) is 0 Å². The number of aromatic nitrogens is 1. The summed E-state index contributed by atoms with van der Waals surface area (Å²) in [5.41, 5.74) is 10.6. The van der Waals surface area contributed by atoms with E-state index >= 15 is 0 Å². The van der Waals surface area contributed by atoms with Crippen LogP contribution >= 0.6 is 23.2 Å². The van der Waals surface area contributed by atoms with Crippen LogP contribution in [0.1, 0.15) is 48.0 Å². The number of Topliss-reactive ketones (excluding diaryl/α,β-unsaturated/α-hetero) is 1. The number of halogens is 2. The molecular formula is C30H32Cl2N4O3. The number of carbonyl (C=O) groups is 2. The Labute approximate surface area is 237 Å². The second-order valence-electron chi connectivity index (χ2n) is 11.1. The monoisotopic (exact) mass is 566 g/mol. The average Bonchev–Trinajstić information content (AvgIpc) is 3.65. The van der Waals surface area contributed by atoms with Gasteiger partial charge in [-0.3, -0.25) is 9.69 Å². The Kier molecular flexibility index (Phi) is 6.86. The van der Waals surface area contributed by atoms with Crippen molar-refractivity contribution in [2.75, 3.05) is 24.5 Å². The van der Waals surface area contributed by atoms with Crippen LogP contribution in [0.4, 0.5) is 5.69 Å². The molecule has 3 aliphatic rings. The lowest BCUT2D eigenvalue weighted by Crippen LogP contribution is -2.54. The summed E-state index contributed by atoms with van der Waals surface area (Å²) in [5, 5.41) is 11.2. The zero-order chi connectivity index (χ0) is 27.4. The van der Waals surface area contributed by atoms with Gasteiger partial charge in [0, 0.05) is 78.8 Å². The summed E-state index contributed by atoms with van der Waals surface area (Å²) >= 11 is 12.9. The molecule has 1 saturated carbocycles. The van der Waals surface area contributed by atoms with Crippen molar-refractivity contribution in [2.45, 2.75) is 44.2 Å². The van der Waals surface area contributed by atoms with Crippen molar-refractivity contribution in [2.24, 2.45) is 18.7 Å². The highest BCUT2D eigenvalue weighted by Gasteiger charge is 2.40. The molecule has 7 nitrogen and oxygen atoms in total. The van der Waals surface area contributed by atoms with E-state index in [2.05, 4.69) is 21.9 Å². The molecule has 2 bridgehead atoms. The van der Waals surface area contributed by atoms with Crippen LogP contribution in [0.2, 0.25) is 10.0 Å². The number of nitrogens with two attached hydrogens (primary N) is 1. The minimum atomic E-state index is -0.909. The Bertz CT molecular complexity index is 1480. The topological polar surface area (TPSA) is 91.8 Å². The molecular weight excluding hydrogens is 535 g/mol. The smallest absolute Gasteiger partial charge is 0.337 e. The molecule has 6 rings (SSSR count). The molecule has 2 aromatic carbocycles. The van der Waals surface area contributed by atoms with Crippen LogP contribution in [0.3, 0.4) is 0 Å². The molecule has 2 aliphatic heterocycles. The maximum absolute atomic E-state index is 13.3. The molecule has 204 valence electrons. The molecule has 9 heteroatoms. The fraction of sp³-hybridized carbons (Fsp3) is 0.400. The maximum Gasteiger partial charge on any atom is 0.337 e. The fourth-order valence-corrected chi connectivity index (χ4v) is 7.06. The number of carboxylic acid groups (broad SMARTS) is 1. The Morgan fingerprint density at radius 2 is 1.69 bits per heavy atom. The number of piperazine rings is 1. The number of hydrogen-bond donors (Lipinski definition) is 2. The first kappa shape index (κ1) is 26.2. The van der Waals surface area contributed by atoms with Crippen molar-refractivity contribution < 1.29 is 14.7 Å². The van der Waals surface area contributed by atoms with Gasteiger partial charge in [0.05, 0.1) is 21.1 Å². The summed E-state index contributed by atoms with van der Waals surface area (Å²) < 4.78 is 1.89. The zero-order valence-electron chi connectivity index (χ0n) is 21.9. The summed E-state index contributed by atoms with van der Waals surface area (Å²) in [5.74, 6) is -0.725. The van der Waals surface area contributed by atoms with Crippen LogP contribution in [-0.2, 0) is 11.8 Å². The number of benzene rings is 2. The molecule has 3 aromatic rings. The highest BCUT2D eigenvalue weighted by atomic mass is 35.5. The zero-order valence-corrected chi connectivity index (χ0v) is 23.4. The number of carbonyl (C=O) groups excluding carboxylic acids is 1. The Morgan fingerprint density at radius 1 is 1.03 bits per heavy atom. The summed E-state index contributed by atoms with van der Waals surface area (Å²) in [6.45, 7) is 2.55. The number of aryl methyl sites for hydroxylation is 1. The van der Waals surface area contributed by atoms with Crippen LogP contribution in [-0.4, -0.2) is 58.0 Å². The minimum absolute atomic E-state index is 0.0573. The molecule has 3 heterocycles. The van der Waals surface area contributed by atoms with Gasteiger partial charge >= 0.3 is 5.97 Å². The second kappa shape index (κ2) is 10.2. The van der Waals surface area contributed by atoms with Gasteiger partial charge in [0.1, 0.15) is 0 Å². The molecule has 2 atom stereocenters. The van der Waals surface area contributed by atoms with E-state index in [0.29, 0.717) is 50.9 Å². The molecule has 0 amide bonds. The van der Waals surface area contributed by atoms with Crippen LogP contribution in [0.5, 0.6) is 0 Å². The first-order valence-electron chi connectivity index (χ1n) is 13.5. The van der Waals surface area contributed by atoms with Gasteiger partial charge < -0.3 is 20.3 Å². The van der Waals surface area contributed by atoms with Crippen molar-refractivity contribution in [1.82, 2.24) is 9.47 Å². The van der Waals surface area contributed by atoms with Gasteiger partial charge in [0.2, 0.25) is 0 Å². The number of rotatable bonds is 8. The highest BCUT2D eigenvalue weighted by molar-refractivity contribution is 6.37. The molecule has 2 saturated heterocycles. The van der Waals surface area contributed by atoms with Gasteiger partial charge in [-0.1, -0.05) is 29.3 Å². The number of likely N-dealkylation sites (tertiary alicyclic amines) is 1. The number of fused-ring (bicyclic) bond motifs is 3. The van der Waals surface area contributed by atoms with Crippen molar-refractivity contribution in [1.29, 1.82) is 0 Å². The van der Waals surface area contributed by atoms with Crippen LogP contribution < -0.4 is 10.6 Å². The molecule has 0 radical (unpaired) electrons. The normalized spacial score (nSPS) is 21.9. The van der Waals surface area contributed by atoms with Gasteiger partial charge in [-0.25, -0.2) is 4.79 Å². The van der Waals surface area contributed by atoms with Gasteiger partial charge in [0.25, 0.3) is 0 Å². The van der Waals surface area contributed by atoms with Crippen LogP contribution in [0.15, 0.2) is 48.2 Å². The SMILES string of the molecule is Cn1cc(C(=O)O)c2ccc(N3C4CCC3CN(CCC(C(=O)C3CC3)=C(N)c3c(Cl)cccc3Cl)C4)cc21. The first-order chi connectivity index (χ1) is 18.7. The van der Waals surface area contributed by atoms with Crippen LogP contribution in [0.25, 0.3) is 16.6 Å². The van der Waals surface area contributed by atoms with Crippen molar-refractivity contribution in [3.8, 4) is 0 Å². The quantitative estimate of drug-likeness (QED) is 0.346.